The molecular formula is C9H10IN. The first-order valence-electron chi connectivity index (χ1n) is 3.78. The molecule has 58 valence electrons. The molecule has 1 nitrogen and oxygen atoms in total. The van der Waals surface area contributed by atoms with E-state index in [9.17, 15) is 0 Å². The molecule has 0 saturated carbocycles. The first kappa shape index (κ1) is 7.55. The fourth-order valence-corrected chi connectivity index (χ4v) is 2.24. The van der Waals surface area contributed by atoms with Crippen LogP contribution in [0.4, 0.5) is 0 Å². The van der Waals surface area contributed by atoms with Crippen LogP contribution in [0.3, 0.4) is 0 Å². The molecule has 2 heteroatoms. The minimum Gasteiger partial charge on any atom is -0.309 e. The van der Waals surface area contributed by atoms with Crippen LogP contribution in [0, 0.1) is 0 Å². The summed E-state index contributed by atoms with van der Waals surface area (Å²) in [6.45, 7) is 2.12. The zero-order valence-corrected chi connectivity index (χ0v) is 8.39. The quantitative estimate of drug-likeness (QED) is 0.602. The maximum atomic E-state index is 3.36. The van der Waals surface area contributed by atoms with Crippen molar-refractivity contribution in [2.45, 2.75) is 17.5 Å². The lowest BCUT2D eigenvalue weighted by Gasteiger charge is -2.02. The Kier molecular flexibility index (Phi) is 2.13. The molecule has 0 radical (unpaired) electrons. The molecule has 0 unspecified atom stereocenters. The smallest absolute Gasteiger partial charge is 0.0250 e. The van der Waals surface area contributed by atoms with Gasteiger partial charge in [-0.2, -0.15) is 0 Å². The van der Waals surface area contributed by atoms with Gasteiger partial charge >= 0.3 is 0 Å². The van der Waals surface area contributed by atoms with Gasteiger partial charge < -0.3 is 5.32 Å². The van der Waals surface area contributed by atoms with E-state index < -0.39 is 0 Å². The molecule has 1 aromatic carbocycles. The Bertz CT molecular complexity index is 270. The number of hydrogen-bond donors (Lipinski definition) is 1. The molecule has 1 aliphatic rings. The molecule has 0 amide bonds. The van der Waals surface area contributed by atoms with Gasteiger partial charge in [-0.25, -0.2) is 0 Å². The fraction of sp³-hybridized carbons (Fsp3) is 0.333. The third-order valence-corrected chi connectivity index (χ3v) is 2.95. The monoisotopic (exact) mass is 259 g/mol. The standard InChI is InChI=1S/C9H10IN/c10-4-7-2-1-3-8-5-11-6-9(7)8/h1-3,11H,4-6H2. The summed E-state index contributed by atoms with van der Waals surface area (Å²) in [5.41, 5.74) is 4.51. The fourth-order valence-electron chi connectivity index (χ4n) is 1.53. The summed E-state index contributed by atoms with van der Waals surface area (Å²) in [7, 11) is 0. The Hall–Kier alpha value is -0.0900. The molecule has 2 rings (SSSR count). The van der Waals surface area contributed by atoms with Gasteiger partial charge in [0.2, 0.25) is 0 Å². The van der Waals surface area contributed by atoms with Crippen LogP contribution in [-0.2, 0) is 17.5 Å². The summed E-state index contributed by atoms with van der Waals surface area (Å²) in [6.07, 6.45) is 0. The van der Waals surface area contributed by atoms with Gasteiger partial charge in [-0.1, -0.05) is 40.8 Å². The molecule has 0 aromatic heterocycles. The molecular weight excluding hydrogens is 249 g/mol. The third-order valence-electron chi connectivity index (χ3n) is 2.13. The highest BCUT2D eigenvalue weighted by atomic mass is 127. The second kappa shape index (κ2) is 3.11. The minimum atomic E-state index is 1.06. The second-order valence-electron chi connectivity index (χ2n) is 2.79. The predicted octanol–water partition coefficient (Wildman–Crippen LogP) is 2.22. The van der Waals surface area contributed by atoms with Crippen LogP contribution < -0.4 is 5.32 Å². The highest BCUT2D eigenvalue weighted by Gasteiger charge is 2.11. The van der Waals surface area contributed by atoms with Crippen LogP contribution in [0.2, 0.25) is 0 Å². The summed E-state index contributed by atoms with van der Waals surface area (Å²) in [5, 5.41) is 3.36. The second-order valence-corrected chi connectivity index (χ2v) is 3.55. The molecule has 0 atom stereocenters. The van der Waals surface area contributed by atoms with Crippen LogP contribution in [-0.4, -0.2) is 0 Å². The Morgan fingerprint density at radius 3 is 3.09 bits per heavy atom. The van der Waals surface area contributed by atoms with E-state index in [1.54, 1.807) is 0 Å². The van der Waals surface area contributed by atoms with Gasteiger partial charge in [0, 0.05) is 17.5 Å². The van der Waals surface area contributed by atoms with E-state index in [1.165, 1.54) is 16.7 Å². The number of hydrogen-bond acceptors (Lipinski definition) is 1. The van der Waals surface area contributed by atoms with Crippen LogP contribution >= 0.6 is 22.6 Å². The lowest BCUT2D eigenvalue weighted by atomic mass is 10.1. The summed E-state index contributed by atoms with van der Waals surface area (Å²) in [4.78, 5) is 0. The highest BCUT2D eigenvalue weighted by molar-refractivity contribution is 14.1. The van der Waals surface area contributed by atoms with E-state index in [2.05, 4.69) is 46.1 Å². The SMILES string of the molecule is ICc1cccc2c1CNC2. The topological polar surface area (TPSA) is 12.0 Å². The third kappa shape index (κ3) is 1.29. The number of fused-ring (bicyclic) bond motifs is 1. The van der Waals surface area contributed by atoms with Crippen LogP contribution in [0.25, 0.3) is 0 Å². The average molecular weight is 259 g/mol. The molecule has 1 heterocycles. The maximum absolute atomic E-state index is 3.36. The van der Waals surface area contributed by atoms with Crippen molar-refractivity contribution < 1.29 is 0 Å². The van der Waals surface area contributed by atoms with E-state index in [0.717, 1.165) is 17.5 Å². The first-order chi connectivity index (χ1) is 5.42. The Balaban J connectivity index is 2.50. The van der Waals surface area contributed by atoms with Gasteiger partial charge in [0.05, 0.1) is 0 Å². The molecule has 0 bridgehead atoms. The molecule has 0 spiro atoms. The highest BCUT2D eigenvalue weighted by Crippen LogP contribution is 2.21. The molecule has 0 saturated heterocycles. The zero-order valence-electron chi connectivity index (χ0n) is 6.23. The molecule has 1 aromatic rings. The minimum absolute atomic E-state index is 1.06. The first-order valence-corrected chi connectivity index (χ1v) is 5.30. The summed E-state index contributed by atoms with van der Waals surface area (Å²) < 4.78 is 1.13. The number of rotatable bonds is 1. The van der Waals surface area contributed by atoms with E-state index in [4.69, 9.17) is 0 Å². The van der Waals surface area contributed by atoms with Crippen molar-refractivity contribution in [3.8, 4) is 0 Å². The number of benzene rings is 1. The van der Waals surface area contributed by atoms with Gasteiger partial charge in [-0.05, 0) is 16.7 Å². The summed E-state index contributed by atoms with van der Waals surface area (Å²) >= 11 is 2.42. The number of halogens is 1. The Morgan fingerprint density at radius 2 is 2.27 bits per heavy atom. The van der Waals surface area contributed by atoms with Crippen molar-refractivity contribution in [1.82, 2.24) is 5.32 Å². The molecule has 1 N–H and O–H groups in total. The summed E-state index contributed by atoms with van der Waals surface area (Å²) in [6, 6.07) is 6.59. The molecule has 1 aliphatic heterocycles. The van der Waals surface area contributed by atoms with Crippen LogP contribution in [0.5, 0.6) is 0 Å². The van der Waals surface area contributed by atoms with Crippen molar-refractivity contribution >= 4 is 22.6 Å². The van der Waals surface area contributed by atoms with Crippen LogP contribution in [0.15, 0.2) is 18.2 Å². The van der Waals surface area contributed by atoms with E-state index >= 15 is 0 Å². The van der Waals surface area contributed by atoms with Gasteiger partial charge in [-0.15, -0.1) is 0 Å². The van der Waals surface area contributed by atoms with E-state index in [-0.39, 0.29) is 0 Å². The number of alkyl halides is 1. The lowest BCUT2D eigenvalue weighted by molar-refractivity contribution is 0.763. The van der Waals surface area contributed by atoms with Crippen molar-refractivity contribution in [3.05, 3.63) is 34.9 Å². The summed E-state index contributed by atoms with van der Waals surface area (Å²) in [5.74, 6) is 0. The molecule has 11 heavy (non-hydrogen) atoms. The zero-order chi connectivity index (χ0) is 7.68. The van der Waals surface area contributed by atoms with Crippen molar-refractivity contribution in [2.24, 2.45) is 0 Å². The van der Waals surface area contributed by atoms with Crippen molar-refractivity contribution in [1.29, 1.82) is 0 Å². The predicted molar refractivity (Wildman–Crippen MR) is 54.7 cm³/mol. The van der Waals surface area contributed by atoms with Crippen LogP contribution in [0.1, 0.15) is 16.7 Å². The average Bonchev–Trinajstić information content (AvgIpc) is 2.50. The normalized spacial score (nSPS) is 15.0. The maximum Gasteiger partial charge on any atom is 0.0250 e. The van der Waals surface area contributed by atoms with Gasteiger partial charge in [0.1, 0.15) is 0 Å². The largest absolute Gasteiger partial charge is 0.309 e. The van der Waals surface area contributed by atoms with Crippen molar-refractivity contribution in [2.75, 3.05) is 0 Å². The lowest BCUT2D eigenvalue weighted by Crippen LogP contribution is -2.00. The number of nitrogens with one attached hydrogen (secondary N) is 1. The van der Waals surface area contributed by atoms with Gasteiger partial charge in [0.25, 0.3) is 0 Å². The Labute approximate surface area is 80.3 Å². The van der Waals surface area contributed by atoms with Gasteiger partial charge in [-0.3, -0.25) is 0 Å². The Morgan fingerprint density at radius 1 is 1.36 bits per heavy atom. The van der Waals surface area contributed by atoms with Gasteiger partial charge in [0.15, 0.2) is 0 Å². The van der Waals surface area contributed by atoms with Crippen molar-refractivity contribution in [3.63, 3.8) is 0 Å². The van der Waals surface area contributed by atoms with E-state index in [1.807, 2.05) is 0 Å². The molecule has 0 aliphatic carbocycles. The van der Waals surface area contributed by atoms with E-state index in [0.29, 0.717) is 0 Å². The molecule has 0 fully saturated rings.